The molecule has 1 atom stereocenters. The number of carbonyl (C=O) groups excluding carboxylic acids is 1. The van der Waals surface area contributed by atoms with Gasteiger partial charge in [0.15, 0.2) is 5.75 Å². The Morgan fingerprint density at radius 3 is 2.67 bits per heavy atom. The minimum Gasteiger partial charge on any atom is -0.484 e. The number of amides is 1. The molecule has 1 N–H and O–H groups in total. The molecule has 0 aliphatic carbocycles. The molecule has 150 valence electrons. The molecule has 1 aromatic rings. The molecule has 0 aromatic heterocycles. The molecule has 0 bridgehead atoms. The highest BCUT2D eigenvalue weighted by molar-refractivity contribution is 5.68. The zero-order chi connectivity index (χ0) is 20.2. The second-order valence-electron chi connectivity index (χ2n) is 8.01. The monoisotopic (exact) mass is 379 g/mol. The maximum atomic E-state index is 12.0. The molecule has 8 heteroatoms. The number of benzene rings is 1. The molecule has 1 aromatic carbocycles. The van der Waals surface area contributed by atoms with Gasteiger partial charge in [-0.1, -0.05) is 0 Å². The molecule has 8 nitrogen and oxygen atoms in total. The lowest BCUT2D eigenvalue weighted by atomic mass is 10.0. The molecule has 1 saturated heterocycles. The van der Waals surface area contributed by atoms with E-state index in [9.17, 15) is 14.9 Å². The molecule has 27 heavy (non-hydrogen) atoms. The first-order chi connectivity index (χ1) is 12.5. The van der Waals surface area contributed by atoms with E-state index in [2.05, 4.69) is 10.2 Å². The number of anilines is 1. The van der Waals surface area contributed by atoms with Gasteiger partial charge in [-0.2, -0.15) is 0 Å². The van der Waals surface area contributed by atoms with Crippen molar-refractivity contribution in [2.75, 3.05) is 18.0 Å². The SMILES string of the molecule is CC(C)Oc1cc(N2CCC[C@@H](NC(=O)OC(C)(C)C)C2)ccc1[N+](=O)[O-]. The molecule has 0 radical (unpaired) electrons. The van der Waals surface area contributed by atoms with Gasteiger partial charge in [-0.3, -0.25) is 10.1 Å². The van der Waals surface area contributed by atoms with Crippen molar-refractivity contribution in [3.05, 3.63) is 28.3 Å². The lowest BCUT2D eigenvalue weighted by molar-refractivity contribution is -0.386. The maximum Gasteiger partial charge on any atom is 0.407 e. The number of piperidine rings is 1. The number of alkyl carbamates (subject to hydrolysis) is 1. The van der Waals surface area contributed by atoms with Crippen LogP contribution in [0.2, 0.25) is 0 Å². The zero-order valence-corrected chi connectivity index (χ0v) is 16.7. The van der Waals surface area contributed by atoms with Crippen LogP contribution in [-0.2, 0) is 4.74 Å². The number of hydrogen-bond acceptors (Lipinski definition) is 6. The summed E-state index contributed by atoms with van der Waals surface area (Å²) in [6.07, 6.45) is 1.17. The first-order valence-corrected chi connectivity index (χ1v) is 9.24. The summed E-state index contributed by atoms with van der Waals surface area (Å²) in [6.45, 7) is 10.6. The number of rotatable bonds is 5. The average molecular weight is 379 g/mol. The van der Waals surface area contributed by atoms with Crippen LogP contribution in [0.15, 0.2) is 18.2 Å². The number of ether oxygens (including phenoxy) is 2. The van der Waals surface area contributed by atoms with E-state index in [0.717, 1.165) is 25.1 Å². The first-order valence-electron chi connectivity index (χ1n) is 9.24. The minimum atomic E-state index is -0.542. The third-order valence-electron chi connectivity index (χ3n) is 4.01. The normalized spacial score (nSPS) is 17.6. The van der Waals surface area contributed by atoms with Gasteiger partial charge in [0.25, 0.3) is 0 Å². The Morgan fingerprint density at radius 1 is 1.37 bits per heavy atom. The van der Waals surface area contributed by atoms with Crippen molar-refractivity contribution in [2.24, 2.45) is 0 Å². The summed E-state index contributed by atoms with van der Waals surface area (Å²) in [5, 5.41) is 14.1. The molecule has 1 aliphatic heterocycles. The van der Waals surface area contributed by atoms with Crippen LogP contribution in [0.4, 0.5) is 16.2 Å². The summed E-state index contributed by atoms with van der Waals surface area (Å²) in [4.78, 5) is 24.9. The van der Waals surface area contributed by atoms with Crippen LogP contribution in [0.25, 0.3) is 0 Å². The standard InChI is InChI=1S/C19H29N3O5/c1-13(2)26-17-11-15(8-9-16(17)22(24)25)21-10-6-7-14(12-21)20-18(23)27-19(3,4)5/h8-9,11,13-14H,6-7,10,12H2,1-5H3,(H,20,23)/t14-/m1/s1. The van der Waals surface area contributed by atoms with Crippen molar-refractivity contribution >= 4 is 17.5 Å². The number of nitro benzene ring substituents is 1. The lowest BCUT2D eigenvalue weighted by Gasteiger charge is -2.35. The molecule has 0 unspecified atom stereocenters. The Labute approximate surface area is 160 Å². The van der Waals surface area contributed by atoms with E-state index in [0.29, 0.717) is 6.54 Å². The zero-order valence-electron chi connectivity index (χ0n) is 16.7. The van der Waals surface area contributed by atoms with Gasteiger partial charge in [0, 0.05) is 37.0 Å². The Kier molecular flexibility index (Phi) is 6.51. The highest BCUT2D eigenvalue weighted by Gasteiger charge is 2.26. The van der Waals surface area contributed by atoms with Gasteiger partial charge in [0.1, 0.15) is 5.60 Å². The van der Waals surface area contributed by atoms with Gasteiger partial charge in [-0.15, -0.1) is 0 Å². The molecular weight excluding hydrogens is 350 g/mol. The fraction of sp³-hybridized carbons (Fsp3) is 0.632. The Hall–Kier alpha value is -2.51. The van der Waals surface area contributed by atoms with E-state index in [4.69, 9.17) is 9.47 Å². The van der Waals surface area contributed by atoms with Crippen LogP contribution in [0.1, 0.15) is 47.5 Å². The summed E-state index contributed by atoms with van der Waals surface area (Å²) in [5.41, 5.74) is 0.250. The van der Waals surface area contributed by atoms with Gasteiger partial charge in [-0.05, 0) is 53.5 Å². The van der Waals surface area contributed by atoms with Gasteiger partial charge in [-0.25, -0.2) is 4.79 Å². The van der Waals surface area contributed by atoms with Crippen LogP contribution in [0.3, 0.4) is 0 Å². The van der Waals surface area contributed by atoms with E-state index in [1.807, 2.05) is 34.6 Å². The number of nitrogens with one attached hydrogen (secondary N) is 1. The predicted molar refractivity (Wildman–Crippen MR) is 103 cm³/mol. The molecule has 0 spiro atoms. The minimum absolute atomic E-state index is 0.0433. The summed E-state index contributed by atoms with van der Waals surface area (Å²) in [7, 11) is 0. The van der Waals surface area contributed by atoms with Crippen molar-refractivity contribution in [3.8, 4) is 5.75 Å². The maximum absolute atomic E-state index is 12.0. The number of carbonyl (C=O) groups is 1. The van der Waals surface area contributed by atoms with Crippen molar-refractivity contribution < 1.29 is 19.2 Å². The van der Waals surface area contributed by atoms with Crippen molar-refractivity contribution in [2.45, 2.75) is 65.2 Å². The fourth-order valence-electron chi connectivity index (χ4n) is 3.00. The summed E-state index contributed by atoms with van der Waals surface area (Å²) >= 11 is 0. The molecule has 0 saturated carbocycles. The van der Waals surface area contributed by atoms with Gasteiger partial charge in [0.2, 0.25) is 0 Å². The molecule has 1 fully saturated rings. The van der Waals surface area contributed by atoms with Gasteiger partial charge < -0.3 is 19.7 Å². The van der Waals surface area contributed by atoms with Crippen LogP contribution in [0.5, 0.6) is 5.75 Å². The van der Waals surface area contributed by atoms with Crippen LogP contribution < -0.4 is 15.0 Å². The lowest BCUT2D eigenvalue weighted by Crippen LogP contribution is -2.49. The molecule has 1 amide bonds. The Balaban J connectivity index is 2.11. The molecular formula is C19H29N3O5. The van der Waals surface area contributed by atoms with Crippen molar-refractivity contribution in [3.63, 3.8) is 0 Å². The molecule has 2 rings (SSSR count). The number of hydrogen-bond donors (Lipinski definition) is 1. The largest absolute Gasteiger partial charge is 0.484 e. The van der Waals surface area contributed by atoms with Crippen molar-refractivity contribution in [1.29, 1.82) is 0 Å². The van der Waals surface area contributed by atoms with E-state index in [1.165, 1.54) is 6.07 Å². The fourth-order valence-corrected chi connectivity index (χ4v) is 3.00. The quantitative estimate of drug-likeness (QED) is 0.616. The second kappa shape index (κ2) is 8.45. The second-order valence-corrected chi connectivity index (χ2v) is 8.01. The smallest absolute Gasteiger partial charge is 0.407 e. The summed E-state index contributed by atoms with van der Waals surface area (Å²) < 4.78 is 10.9. The first kappa shape index (κ1) is 20.8. The van der Waals surface area contributed by atoms with E-state index >= 15 is 0 Å². The highest BCUT2D eigenvalue weighted by atomic mass is 16.6. The Morgan fingerprint density at radius 2 is 2.07 bits per heavy atom. The van der Waals surface area contributed by atoms with E-state index in [1.54, 1.807) is 12.1 Å². The summed E-state index contributed by atoms with van der Waals surface area (Å²) in [5.74, 6) is 0.259. The van der Waals surface area contributed by atoms with E-state index in [-0.39, 0.29) is 23.6 Å². The predicted octanol–water partition coefficient (Wildman–Crippen LogP) is 3.88. The van der Waals surface area contributed by atoms with E-state index < -0.39 is 16.6 Å². The topological polar surface area (TPSA) is 93.9 Å². The van der Waals surface area contributed by atoms with Gasteiger partial charge >= 0.3 is 11.8 Å². The van der Waals surface area contributed by atoms with Gasteiger partial charge in [0.05, 0.1) is 11.0 Å². The van der Waals surface area contributed by atoms with Crippen LogP contribution >= 0.6 is 0 Å². The number of nitrogens with zero attached hydrogens (tertiary/aromatic N) is 2. The highest BCUT2D eigenvalue weighted by Crippen LogP contribution is 2.33. The van der Waals surface area contributed by atoms with Crippen molar-refractivity contribution in [1.82, 2.24) is 5.32 Å². The third kappa shape index (κ3) is 6.30. The Bertz CT molecular complexity index is 684. The van der Waals surface area contributed by atoms with Crippen LogP contribution in [0, 0.1) is 10.1 Å². The third-order valence-corrected chi connectivity index (χ3v) is 4.01. The van der Waals surface area contributed by atoms with Crippen LogP contribution in [-0.4, -0.2) is 41.9 Å². The number of nitro groups is 1. The molecule has 1 aliphatic rings. The summed E-state index contributed by atoms with van der Waals surface area (Å²) in [6, 6.07) is 4.85. The molecule has 1 heterocycles. The average Bonchev–Trinajstić information content (AvgIpc) is 2.52.